The first-order valence-electron chi connectivity index (χ1n) is 6.97. The first kappa shape index (κ1) is 14.4. The average Bonchev–Trinajstić information content (AvgIpc) is 2.39. The minimum absolute atomic E-state index is 0.175. The number of benzene rings is 1. The number of halogens is 1. The van der Waals surface area contributed by atoms with Crippen molar-refractivity contribution in [2.75, 3.05) is 33.3 Å². The zero-order valence-electron chi connectivity index (χ0n) is 11.5. The van der Waals surface area contributed by atoms with Crippen LogP contribution < -0.4 is 5.32 Å². The van der Waals surface area contributed by atoms with Crippen LogP contribution in [0.3, 0.4) is 0 Å². The summed E-state index contributed by atoms with van der Waals surface area (Å²) in [4.78, 5) is 2.31. The largest absolute Gasteiger partial charge is 0.396 e. The molecule has 3 nitrogen and oxygen atoms in total. The molecule has 2 rings (SSSR count). The summed E-state index contributed by atoms with van der Waals surface area (Å²) in [5.74, 6) is 0.275. The van der Waals surface area contributed by atoms with Crippen LogP contribution in [-0.4, -0.2) is 49.3 Å². The van der Waals surface area contributed by atoms with Gasteiger partial charge < -0.3 is 15.3 Å². The highest BCUT2D eigenvalue weighted by Crippen LogP contribution is 2.26. The van der Waals surface area contributed by atoms with Gasteiger partial charge in [-0.3, -0.25) is 0 Å². The molecule has 2 unspecified atom stereocenters. The molecule has 1 aliphatic rings. The second-order valence-electron chi connectivity index (χ2n) is 5.43. The Hall–Kier alpha value is -0.970. The summed E-state index contributed by atoms with van der Waals surface area (Å²) in [7, 11) is 2.12. The van der Waals surface area contributed by atoms with Crippen LogP contribution in [0.1, 0.15) is 24.3 Å². The molecule has 1 aromatic rings. The summed E-state index contributed by atoms with van der Waals surface area (Å²) in [5, 5.41) is 12.3. The molecule has 1 aliphatic heterocycles. The zero-order valence-corrected chi connectivity index (χ0v) is 11.5. The number of rotatable bonds is 5. The highest BCUT2D eigenvalue weighted by Gasteiger charge is 2.25. The predicted molar refractivity (Wildman–Crippen MR) is 74.7 cm³/mol. The van der Waals surface area contributed by atoms with E-state index in [1.165, 1.54) is 17.7 Å². The van der Waals surface area contributed by atoms with Gasteiger partial charge in [0.05, 0.1) is 0 Å². The molecular weight excluding hydrogens is 243 g/mol. The third kappa shape index (κ3) is 4.27. The highest BCUT2D eigenvalue weighted by atomic mass is 19.1. The van der Waals surface area contributed by atoms with E-state index in [-0.39, 0.29) is 12.4 Å². The molecule has 0 aliphatic carbocycles. The van der Waals surface area contributed by atoms with Crippen LogP contribution in [0, 0.1) is 5.82 Å². The molecule has 1 saturated heterocycles. The smallest absolute Gasteiger partial charge is 0.123 e. The van der Waals surface area contributed by atoms with Crippen LogP contribution in [0.25, 0.3) is 0 Å². The Morgan fingerprint density at radius 2 is 2.05 bits per heavy atom. The summed E-state index contributed by atoms with van der Waals surface area (Å²) in [6, 6.07) is 7.31. The molecular formula is C15H23FN2O. The topological polar surface area (TPSA) is 35.5 Å². The standard InChI is InChI=1S/C15H23FN2O/c1-18-10-13(12-3-5-14(16)6-4-12)9-15(11-18)17-7-2-8-19/h3-6,13,15,17,19H,2,7-11H2,1H3. The Morgan fingerprint density at radius 3 is 2.74 bits per heavy atom. The number of aliphatic hydroxyl groups excluding tert-OH is 1. The van der Waals surface area contributed by atoms with E-state index in [0.717, 1.165) is 32.5 Å². The molecule has 0 bridgehead atoms. The Kier molecular flexibility index (Phi) is 5.31. The molecule has 106 valence electrons. The van der Waals surface area contributed by atoms with Crippen molar-refractivity contribution in [1.29, 1.82) is 0 Å². The Bertz CT molecular complexity index is 382. The van der Waals surface area contributed by atoms with Crippen molar-refractivity contribution < 1.29 is 9.50 Å². The molecule has 0 aromatic heterocycles. The lowest BCUT2D eigenvalue weighted by Crippen LogP contribution is -2.47. The molecule has 0 saturated carbocycles. The molecule has 2 N–H and O–H groups in total. The van der Waals surface area contributed by atoms with Gasteiger partial charge in [-0.2, -0.15) is 0 Å². The predicted octanol–water partition coefficient (Wildman–Crippen LogP) is 1.59. The molecule has 1 heterocycles. The normalized spacial score (nSPS) is 24.6. The second kappa shape index (κ2) is 6.98. The number of likely N-dealkylation sites (tertiary alicyclic amines) is 1. The molecule has 0 radical (unpaired) electrons. The van der Waals surface area contributed by atoms with Crippen LogP contribution in [0.4, 0.5) is 4.39 Å². The average molecular weight is 266 g/mol. The number of nitrogens with zero attached hydrogens (tertiary/aromatic N) is 1. The van der Waals surface area contributed by atoms with Crippen LogP contribution in [0.15, 0.2) is 24.3 Å². The van der Waals surface area contributed by atoms with E-state index in [0.29, 0.717) is 12.0 Å². The summed E-state index contributed by atoms with van der Waals surface area (Å²) in [6.07, 6.45) is 1.86. The monoisotopic (exact) mass is 266 g/mol. The van der Waals surface area contributed by atoms with Crippen molar-refractivity contribution in [1.82, 2.24) is 10.2 Å². The minimum atomic E-state index is -0.175. The molecule has 1 aromatic carbocycles. The summed E-state index contributed by atoms with van der Waals surface area (Å²) < 4.78 is 13.0. The number of nitrogens with one attached hydrogen (secondary N) is 1. The van der Waals surface area contributed by atoms with Gasteiger partial charge in [0.1, 0.15) is 5.82 Å². The van der Waals surface area contributed by atoms with Gasteiger partial charge in [0.25, 0.3) is 0 Å². The van der Waals surface area contributed by atoms with E-state index in [4.69, 9.17) is 5.11 Å². The lowest BCUT2D eigenvalue weighted by atomic mass is 9.88. The number of aliphatic hydroxyl groups is 1. The van der Waals surface area contributed by atoms with Gasteiger partial charge in [-0.15, -0.1) is 0 Å². The van der Waals surface area contributed by atoms with Crippen LogP contribution in [0.5, 0.6) is 0 Å². The van der Waals surface area contributed by atoms with Gasteiger partial charge >= 0.3 is 0 Å². The number of likely N-dealkylation sites (N-methyl/N-ethyl adjacent to an activating group) is 1. The first-order chi connectivity index (χ1) is 9.19. The van der Waals surface area contributed by atoms with Crippen LogP contribution >= 0.6 is 0 Å². The first-order valence-corrected chi connectivity index (χ1v) is 6.97. The van der Waals surface area contributed by atoms with Crippen molar-refractivity contribution in [3.05, 3.63) is 35.6 Å². The fourth-order valence-corrected chi connectivity index (χ4v) is 2.83. The molecule has 0 amide bonds. The fraction of sp³-hybridized carbons (Fsp3) is 0.600. The van der Waals surface area contributed by atoms with Crippen LogP contribution in [-0.2, 0) is 0 Å². The van der Waals surface area contributed by atoms with Gasteiger partial charge in [-0.1, -0.05) is 12.1 Å². The maximum Gasteiger partial charge on any atom is 0.123 e. The lowest BCUT2D eigenvalue weighted by molar-refractivity contribution is 0.200. The lowest BCUT2D eigenvalue weighted by Gasteiger charge is -2.36. The Balaban J connectivity index is 1.95. The fourth-order valence-electron chi connectivity index (χ4n) is 2.83. The highest BCUT2D eigenvalue weighted by molar-refractivity contribution is 5.22. The molecule has 2 atom stereocenters. The number of piperidine rings is 1. The molecule has 1 fully saturated rings. The van der Waals surface area contributed by atoms with E-state index in [1.54, 1.807) is 0 Å². The minimum Gasteiger partial charge on any atom is -0.396 e. The van der Waals surface area contributed by atoms with E-state index in [9.17, 15) is 4.39 Å². The van der Waals surface area contributed by atoms with E-state index >= 15 is 0 Å². The van der Waals surface area contributed by atoms with Gasteiger partial charge in [0.2, 0.25) is 0 Å². The van der Waals surface area contributed by atoms with E-state index in [2.05, 4.69) is 17.3 Å². The molecule has 19 heavy (non-hydrogen) atoms. The van der Waals surface area contributed by atoms with E-state index < -0.39 is 0 Å². The van der Waals surface area contributed by atoms with Gasteiger partial charge in [0, 0.05) is 25.7 Å². The summed E-state index contributed by atoms with van der Waals surface area (Å²) in [6.45, 7) is 3.13. The number of hydrogen-bond acceptors (Lipinski definition) is 3. The van der Waals surface area contributed by atoms with E-state index in [1.807, 2.05) is 12.1 Å². The summed E-state index contributed by atoms with van der Waals surface area (Å²) >= 11 is 0. The molecule has 0 spiro atoms. The van der Waals surface area contributed by atoms with Crippen LogP contribution in [0.2, 0.25) is 0 Å². The maximum atomic E-state index is 13.0. The Morgan fingerprint density at radius 1 is 1.32 bits per heavy atom. The Labute approximate surface area is 114 Å². The van der Waals surface area contributed by atoms with Gasteiger partial charge in [-0.25, -0.2) is 4.39 Å². The third-order valence-electron chi connectivity index (χ3n) is 3.74. The quantitative estimate of drug-likeness (QED) is 0.794. The second-order valence-corrected chi connectivity index (χ2v) is 5.43. The van der Waals surface area contributed by atoms with Crippen molar-refractivity contribution >= 4 is 0 Å². The molecule has 4 heteroatoms. The summed E-state index contributed by atoms with van der Waals surface area (Å²) in [5.41, 5.74) is 1.21. The maximum absolute atomic E-state index is 13.0. The van der Waals surface area contributed by atoms with Crippen molar-refractivity contribution in [3.63, 3.8) is 0 Å². The van der Waals surface area contributed by atoms with Gasteiger partial charge in [-0.05, 0) is 50.0 Å². The number of hydrogen-bond donors (Lipinski definition) is 2. The van der Waals surface area contributed by atoms with Gasteiger partial charge in [0.15, 0.2) is 0 Å². The zero-order chi connectivity index (χ0) is 13.7. The van der Waals surface area contributed by atoms with Crippen molar-refractivity contribution in [2.24, 2.45) is 0 Å². The van der Waals surface area contributed by atoms with Crippen molar-refractivity contribution in [3.8, 4) is 0 Å². The van der Waals surface area contributed by atoms with Crippen molar-refractivity contribution in [2.45, 2.75) is 24.8 Å². The SMILES string of the molecule is CN1CC(NCCCO)CC(c2ccc(F)cc2)C1. The third-order valence-corrected chi connectivity index (χ3v) is 3.74.